The van der Waals surface area contributed by atoms with Gasteiger partial charge in [-0.25, -0.2) is 0 Å². The van der Waals surface area contributed by atoms with E-state index in [0.717, 1.165) is 11.0 Å². The average Bonchev–Trinajstić information content (AvgIpc) is 3.08. The van der Waals surface area contributed by atoms with Crippen molar-refractivity contribution in [1.82, 2.24) is 0 Å². The third-order valence-corrected chi connectivity index (χ3v) is 3.31. The first-order valence-corrected chi connectivity index (χ1v) is 6.49. The number of benzene rings is 2. The normalized spacial score (nSPS) is 10.2. The summed E-state index contributed by atoms with van der Waals surface area (Å²) in [6.07, 6.45) is 1.57. The zero-order valence-electron chi connectivity index (χ0n) is 9.59. The van der Waals surface area contributed by atoms with Gasteiger partial charge >= 0.3 is 0 Å². The molecule has 18 heavy (non-hydrogen) atoms. The minimum atomic E-state index is 0.900. The lowest BCUT2D eigenvalue weighted by Gasteiger charge is -1.81. The first-order chi connectivity index (χ1) is 8.93. The van der Waals surface area contributed by atoms with E-state index in [2.05, 4.69) is 29.0 Å². The number of para-hydroxylation sites is 1. The molecule has 2 radical (unpaired) electrons. The van der Waals surface area contributed by atoms with Gasteiger partial charge < -0.3 is 4.42 Å². The molecule has 0 fully saturated rings. The van der Waals surface area contributed by atoms with Crippen LogP contribution in [0.2, 0.25) is 0 Å². The van der Waals surface area contributed by atoms with Crippen molar-refractivity contribution in [2.24, 2.45) is 0 Å². The van der Waals surface area contributed by atoms with Crippen molar-refractivity contribution in [3.05, 3.63) is 71.6 Å². The lowest BCUT2D eigenvalue weighted by atomic mass is 10.2. The maximum Gasteiger partial charge on any atom is 0.134 e. The summed E-state index contributed by atoms with van der Waals surface area (Å²) in [5, 5.41) is 8.83. The Bertz CT molecular complexity index is 625. The summed E-state index contributed by atoms with van der Waals surface area (Å²) < 4.78 is 5.06. The van der Waals surface area contributed by atoms with Crippen LogP contribution in [0.15, 0.2) is 64.6 Å². The summed E-state index contributed by atoms with van der Waals surface area (Å²) in [6.45, 7) is 0. The lowest BCUT2D eigenvalue weighted by molar-refractivity contribution is 0.615. The summed E-state index contributed by atoms with van der Waals surface area (Å²) in [7, 11) is 0. The van der Waals surface area contributed by atoms with Gasteiger partial charge in [0.05, 0.1) is 11.6 Å². The van der Waals surface area contributed by atoms with Gasteiger partial charge in [-0.1, -0.05) is 42.5 Å². The van der Waals surface area contributed by atoms with E-state index in [4.69, 9.17) is 4.42 Å². The summed E-state index contributed by atoms with van der Waals surface area (Å²) >= 11 is 1.63. The summed E-state index contributed by atoms with van der Waals surface area (Å²) in [5.74, 6) is 0. The van der Waals surface area contributed by atoms with E-state index < -0.39 is 0 Å². The topological polar surface area (TPSA) is 13.1 Å². The fraction of sp³-hybridized carbons (Fsp3) is 0. The lowest BCUT2D eigenvalue weighted by Crippen LogP contribution is -1.58. The fourth-order valence-corrected chi connectivity index (χ4v) is 2.40. The van der Waals surface area contributed by atoms with Gasteiger partial charge in [0.15, 0.2) is 0 Å². The van der Waals surface area contributed by atoms with Crippen molar-refractivity contribution in [2.45, 2.75) is 0 Å². The van der Waals surface area contributed by atoms with Crippen LogP contribution in [0.3, 0.4) is 0 Å². The van der Waals surface area contributed by atoms with Crippen molar-refractivity contribution < 1.29 is 4.42 Å². The number of furan rings is 1. The van der Waals surface area contributed by atoms with Gasteiger partial charge in [-0.3, -0.25) is 0 Å². The molecule has 2 heteroatoms. The molecule has 0 aliphatic rings. The molecule has 0 saturated heterocycles. The van der Waals surface area contributed by atoms with Crippen LogP contribution in [0.1, 0.15) is 0 Å². The molecule has 1 nitrogen and oxygen atoms in total. The zero-order valence-corrected chi connectivity index (χ0v) is 10.4. The molecule has 0 aliphatic carbocycles. The Morgan fingerprint density at radius 3 is 2.50 bits per heavy atom. The van der Waals surface area contributed by atoms with E-state index in [1.165, 1.54) is 10.8 Å². The van der Waals surface area contributed by atoms with Crippen molar-refractivity contribution in [3.63, 3.8) is 0 Å². The quantitative estimate of drug-likeness (QED) is 0.431. The van der Waals surface area contributed by atoms with Gasteiger partial charge in [0.1, 0.15) is 5.58 Å². The van der Waals surface area contributed by atoms with Gasteiger partial charge in [0.2, 0.25) is 0 Å². The first kappa shape index (κ1) is 11.1. The van der Waals surface area contributed by atoms with Crippen LogP contribution in [0.4, 0.5) is 0 Å². The van der Waals surface area contributed by atoms with Crippen LogP contribution < -0.4 is 0 Å². The highest BCUT2D eigenvalue weighted by Crippen LogP contribution is 2.16. The molecule has 4 rings (SSSR count). The van der Waals surface area contributed by atoms with Crippen LogP contribution in [-0.2, 0) is 0 Å². The van der Waals surface area contributed by atoms with E-state index in [1.54, 1.807) is 17.6 Å². The van der Waals surface area contributed by atoms with Crippen LogP contribution in [-0.4, -0.2) is 0 Å². The van der Waals surface area contributed by atoms with Gasteiger partial charge in [0.25, 0.3) is 0 Å². The predicted octanol–water partition coefficient (Wildman–Crippen LogP) is 4.93. The van der Waals surface area contributed by atoms with Gasteiger partial charge in [-0.05, 0) is 16.8 Å². The molecule has 2 aromatic carbocycles. The van der Waals surface area contributed by atoms with Crippen molar-refractivity contribution >= 4 is 33.1 Å². The molecule has 4 aromatic rings. The monoisotopic (exact) mass is 250 g/mol. The Balaban J connectivity index is 0.000000111. The number of thiophene rings is 1. The Kier molecular flexibility index (Phi) is 3.11. The largest absolute Gasteiger partial charge is 0.464 e. The van der Waals surface area contributed by atoms with E-state index in [-0.39, 0.29) is 0 Å². The third-order valence-electron chi connectivity index (χ3n) is 2.60. The molecule has 0 bridgehead atoms. The van der Waals surface area contributed by atoms with Crippen molar-refractivity contribution in [2.75, 3.05) is 0 Å². The Morgan fingerprint density at radius 1 is 0.889 bits per heavy atom. The van der Waals surface area contributed by atoms with Crippen LogP contribution >= 0.6 is 11.3 Å². The van der Waals surface area contributed by atoms with Crippen molar-refractivity contribution in [3.8, 4) is 0 Å². The van der Waals surface area contributed by atoms with E-state index in [9.17, 15) is 0 Å². The molecule has 0 saturated carbocycles. The van der Waals surface area contributed by atoms with Crippen LogP contribution in [0.25, 0.3) is 21.7 Å². The molecule has 2 heterocycles. The Morgan fingerprint density at radius 2 is 1.67 bits per heavy atom. The van der Waals surface area contributed by atoms with Gasteiger partial charge in [-0.15, -0.1) is 11.3 Å². The first-order valence-electron chi connectivity index (χ1n) is 5.61. The highest BCUT2D eigenvalue weighted by atomic mass is 32.1. The maximum atomic E-state index is 5.06. The van der Waals surface area contributed by atoms with Crippen LogP contribution in [0.5, 0.6) is 0 Å². The van der Waals surface area contributed by atoms with E-state index in [1.807, 2.05) is 36.4 Å². The summed E-state index contributed by atoms with van der Waals surface area (Å²) in [6, 6.07) is 19.0. The number of hydrogen-bond acceptors (Lipinski definition) is 2. The second-order valence-corrected chi connectivity index (χ2v) is 4.48. The second kappa shape index (κ2) is 5.07. The number of rotatable bonds is 0. The SMILES string of the molecule is [c]1coc2ccccc12.[c]1scc2ccccc12. The van der Waals surface area contributed by atoms with E-state index >= 15 is 0 Å². The smallest absolute Gasteiger partial charge is 0.134 e. The van der Waals surface area contributed by atoms with Gasteiger partial charge in [0, 0.05) is 16.8 Å². The fourth-order valence-electron chi connectivity index (χ4n) is 1.69. The molecule has 86 valence electrons. The summed E-state index contributed by atoms with van der Waals surface area (Å²) in [4.78, 5) is 0. The molecular formula is C16H10OS. The highest BCUT2D eigenvalue weighted by Gasteiger charge is 1.90. The molecule has 0 N–H and O–H groups in total. The molecular weight excluding hydrogens is 240 g/mol. The Hall–Kier alpha value is -2.06. The molecule has 0 atom stereocenters. The zero-order chi connectivity index (χ0) is 12.2. The van der Waals surface area contributed by atoms with Crippen LogP contribution in [0, 0.1) is 11.4 Å². The second-order valence-electron chi connectivity index (χ2n) is 3.80. The molecule has 0 aliphatic heterocycles. The Labute approximate surface area is 109 Å². The van der Waals surface area contributed by atoms with Gasteiger partial charge in [-0.2, -0.15) is 0 Å². The van der Waals surface area contributed by atoms with E-state index in [0.29, 0.717) is 0 Å². The molecule has 2 aromatic heterocycles. The highest BCUT2D eigenvalue weighted by molar-refractivity contribution is 7.08. The standard InChI is InChI=1S/C8H5O.C8H5S/c1-2-4-8-7(3-1)5-6-9-8;1-2-4-8-6-9-5-7(8)3-1/h1-4,6H;1-5H. The molecule has 0 spiro atoms. The van der Waals surface area contributed by atoms with Crippen molar-refractivity contribution in [1.29, 1.82) is 0 Å². The number of fused-ring (bicyclic) bond motifs is 2. The average molecular weight is 250 g/mol. The predicted molar refractivity (Wildman–Crippen MR) is 75.7 cm³/mol. The number of hydrogen-bond donors (Lipinski definition) is 0. The minimum Gasteiger partial charge on any atom is -0.464 e. The molecule has 0 amide bonds. The maximum absolute atomic E-state index is 5.06. The third kappa shape index (κ3) is 2.29. The molecule has 0 unspecified atom stereocenters. The minimum absolute atomic E-state index is 0.900. The summed E-state index contributed by atoms with van der Waals surface area (Å²) in [5.41, 5.74) is 0.900.